The van der Waals surface area contributed by atoms with E-state index in [2.05, 4.69) is 6.92 Å². The van der Waals surface area contributed by atoms with Crippen LogP contribution in [0, 0.1) is 0 Å². The number of nitrogens with two attached hydrogens (primary N) is 1. The Kier molecular flexibility index (Phi) is 3.49. The van der Waals surface area contributed by atoms with E-state index in [1.807, 2.05) is 24.3 Å². The molecule has 0 aliphatic carbocycles. The van der Waals surface area contributed by atoms with Crippen molar-refractivity contribution in [2.24, 2.45) is 5.73 Å². The SMILES string of the molecule is CC(CCN)c1ccc(-c2ccc(O)cc2)o1. The fourth-order valence-corrected chi connectivity index (χ4v) is 1.79. The monoisotopic (exact) mass is 231 g/mol. The zero-order valence-electron chi connectivity index (χ0n) is 9.89. The molecule has 0 fully saturated rings. The summed E-state index contributed by atoms with van der Waals surface area (Å²) in [5, 5.41) is 9.22. The lowest BCUT2D eigenvalue weighted by molar-refractivity contribution is 0.471. The van der Waals surface area contributed by atoms with Crippen LogP contribution in [0.5, 0.6) is 5.75 Å². The van der Waals surface area contributed by atoms with E-state index < -0.39 is 0 Å². The standard InChI is InChI=1S/C14H17NO2/c1-10(8-9-15)13-6-7-14(17-13)11-2-4-12(16)5-3-11/h2-7,10,16H,8-9,15H2,1H3. The lowest BCUT2D eigenvalue weighted by atomic mass is 10.1. The van der Waals surface area contributed by atoms with Crippen molar-refractivity contribution in [1.29, 1.82) is 0 Å². The third-order valence-corrected chi connectivity index (χ3v) is 2.86. The molecule has 1 aromatic carbocycles. The Morgan fingerprint density at radius 1 is 1.18 bits per heavy atom. The molecule has 3 N–H and O–H groups in total. The number of aromatic hydroxyl groups is 1. The summed E-state index contributed by atoms with van der Waals surface area (Å²) in [6.45, 7) is 2.77. The van der Waals surface area contributed by atoms with Gasteiger partial charge in [0, 0.05) is 11.5 Å². The summed E-state index contributed by atoms with van der Waals surface area (Å²) in [5.41, 5.74) is 6.50. The van der Waals surface area contributed by atoms with Gasteiger partial charge in [0.05, 0.1) is 0 Å². The fraction of sp³-hybridized carbons (Fsp3) is 0.286. The first-order valence-corrected chi connectivity index (χ1v) is 5.80. The first kappa shape index (κ1) is 11.7. The number of phenolic OH excluding ortho intramolecular Hbond substituents is 1. The van der Waals surface area contributed by atoms with E-state index in [9.17, 15) is 5.11 Å². The number of hydrogen-bond acceptors (Lipinski definition) is 3. The topological polar surface area (TPSA) is 59.4 Å². The van der Waals surface area contributed by atoms with Crippen LogP contribution in [0.2, 0.25) is 0 Å². The van der Waals surface area contributed by atoms with Crippen LogP contribution in [0.4, 0.5) is 0 Å². The van der Waals surface area contributed by atoms with Crippen LogP contribution < -0.4 is 5.73 Å². The summed E-state index contributed by atoms with van der Waals surface area (Å²) in [6, 6.07) is 10.9. The Balaban J connectivity index is 2.20. The number of benzene rings is 1. The summed E-state index contributed by atoms with van der Waals surface area (Å²) in [7, 11) is 0. The van der Waals surface area contributed by atoms with Crippen LogP contribution in [0.3, 0.4) is 0 Å². The van der Waals surface area contributed by atoms with E-state index in [4.69, 9.17) is 10.2 Å². The van der Waals surface area contributed by atoms with E-state index >= 15 is 0 Å². The molecule has 1 heterocycles. The minimum Gasteiger partial charge on any atom is -0.508 e. The molecule has 1 aromatic heterocycles. The van der Waals surface area contributed by atoms with Crippen molar-refractivity contribution in [2.45, 2.75) is 19.3 Å². The zero-order chi connectivity index (χ0) is 12.3. The zero-order valence-corrected chi connectivity index (χ0v) is 9.89. The molecule has 90 valence electrons. The first-order chi connectivity index (χ1) is 8.20. The van der Waals surface area contributed by atoms with Crippen LogP contribution in [0.1, 0.15) is 25.0 Å². The molecule has 0 saturated heterocycles. The second-order valence-corrected chi connectivity index (χ2v) is 4.23. The maximum atomic E-state index is 9.22. The molecule has 0 amide bonds. The van der Waals surface area contributed by atoms with Gasteiger partial charge >= 0.3 is 0 Å². The Hall–Kier alpha value is -1.74. The van der Waals surface area contributed by atoms with E-state index in [1.165, 1.54) is 0 Å². The molecule has 0 radical (unpaired) electrons. The molecule has 2 aromatic rings. The molecule has 17 heavy (non-hydrogen) atoms. The lowest BCUT2D eigenvalue weighted by Crippen LogP contribution is -2.03. The number of rotatable bonds is 4. The van der Waals surface area contributed by atoms with Crippen molar-refractivity contribution >= 4 is 0 Å². The normalized spacial score (nSPS) is 12.6. The summed E-state index contributed by atoms with van der Waals surface area (Å²) >= 11 is 0. The van der Waals surface area contributed by atoms with Crippen molar-refractivity contribution in [3.63, 3.8) is 0 Å². The average molecular weight is 231 g/mol. The minimum atomic E-state index is 0.261. The van der Waals surface area contributed by atoms with Gasteiger partial charge in [0.2, 0.25) is 0 Å². The van der Waals surface area contributed by atoms with E-state index in [1.54, 1.807) is 12.1 Å². The molecule has 3 heteroatoms. The van der Waals surface area contributed by atoms with Gasteiger partial charge in [-0.2, -0.15) is 0 Å². The van der Waals surface area contributed by atoms with Crippen molar-refractivity contribution in [2.75, 3.05) is 6.54 Å². The second kappa shape index (κ2) is 5.06. The molecule has 2 rings (SSSR count). The Morgan fingerprint density at radius 3 is 2.53 bits per heavy atom. The second-order valence-electron chi connectivity index (χ2n) is 4.23. The van der Waals surface area contributed by atoms with E-state index in [-0.39, 0.29) is 5.75 Å². The number of furan rings is 1. The Morgan fingerprint density at radius 2 is 1.88 bits per heavy atom. The third-order valence-electron chi connectivity index (χ3n) is 2.86. The van der Waals surface area contributed by atoms with Gasteiger partial charge in [-0.3, -0.25) is 0 Å². The van der Waals surface area contributed by atoms with Gasteiger partial charge in [-0.05, 0) is 49.4 Å². The van der Waals surface area contributed by atoms with Gasteiger partial charge in [-0.1, -0.05) is 6.92 Å². The van der Waals surface area contributed by atoms with Crippen LogP contribution in [0.25, 0.3) is 11.3 Å². The fourth-order valence-electron chi connectivity index (χ4n) is 1.79. The van der Waals surface area contributed by atoms with Gasteiger partial charge in [0.1, 0.15) is 17.3 Å². The molecule has 1 unspecified atom stereocenters. The van der Waals surface area contributed by atoms with Crippen LogP contribution in [-0.4, -0.2) is 11.7 Å². The van der Waals surface area contributed by atoms with Crippen LogP contribution in [0.15, 0.2) is 40.8 Å². The van der Waals surface area contributed by atoms with Crippen molar-refractivity contribution in [1.82, 2.24) is 0 Å². The van der Waals surface area contributed by atoms with Crippen LogP contribution >= 0.6 is 0 Å². The molecule has 3 nitrogen and oxygen atoms in total. The molecule has 0 spiro atoms. The van der Waals surface area contributed by atoms with Gasteiger partial charge < -0.3 is 15.3 Å². The summed E-state index contributed by atoms with van der Waals surface area (Å²) in [5.74, 6) is 2.38. The minimum absolute atomic E-state index is 0.261. The Bertz CT molecular complexity index is 473. The predicted octanol–water partition coefficient (Wildman–Crippen LogP) is 3.10. The third kappa shape index (κ3) is 2.68. The molecule has 0 saturated carbocycles. The number of hydrogen-bond donors (Lipinski definition) is 2. The molecular formula is C14H17NO2. The molecule has 0 aliphatic rings. The first-order valence-electron chi connectivity index (χ1n) is 5.80. The van der Waals surface area contributed by atoms with Gasteiger partial charge in [0.15, 0.2) is 0 Å². The van der Waals surface area contributed by atoms with Gasteiger partial charge in [-0.25, -0.2) is 0 Å². The summed E-state index contributed by atoms with van der Waals surface area (Å²) < 4.78 is 5.79. The lowest BCUT2D eigenvalue weighted by Gasteiger charge is -2.05. The largest absolute Gasteiger partial charge is 0.508 e. The maximum Gasteiger partial charge on any atom is 0.134 e. The molecular weight excluding hydrogens is 214 g/mol. The van der Waals surface area contributed by atoms with Crippen molar-refractivity contribution < 1.29 is 9.52 Å². The van der Waals surface area contributed by atoms with Gasteiger partial charge in [-0.15, -0.1) is 0 Å². The predicted molar refractivity (Wildman–Crippen MR) is 67.9 cm³/mol. The maximum absolute atomic E-state index is 9.22. The Labute approximate surface area is 101 Å². The highest BCUT2D eigenvalue weighted by Crippen LogP contribution is 2.28. The summed E-state index contributed by atoms with van der Waals surface area (Å²) in [6.07, 6.45) is 0.919. The highest BCUT2D eigenvalue weighted by Gasteiger charge is 2.10. The smallest absolute Gasteiger partial charge is 0.134 e. The summed E-state index contributed by atoms with van der Waals surface area (Å²) in [4.78, 5) is 0. The molecule has 0 bridgehead atoms. The van der Waals surface area contributed by atoms with E-state index in [0.717, 1.165) is 23.5 Å². The van der Waals surface area contributed by atoms with E-state index in [0.29, 0.717) is 12.5 Å². The van der Waals surface area contributed by atoms with Crippen LogP contribution in [-0.2, 0) is 0 Å². The highest BCUT2D eigenvalue weighted by atomic mass is 16.3. The number of phenols is 1. The van der Waals surface area contributed by atoms with Crippen molar-refractivity contribution in [3.8, 4) is 17.1 Å². The highest BCUT2D eigenvalue weighted by molar-refractivity contribution is 5.58. The van der Waals surface area contributed by atoms with Crippen molar-refractivity contribution in [3.05, 3.63) is 42.2 Å². The van der Waals surface area contributed by atoms with Gasteiger partial charge in [0.25, 0.3) is 0 Å². The molecule has 1 atom stereocenters. The molecule has 0 aliphatic heterocycles. The average Bonchev–Trinajstić information content (AvgIpc) is 2.80. The quantitative estimate of drug-likeness (QED) is 0.850.